The first-order valence-electron chi connectivity index (χ1n) is 6.64. The van der Waals surface area contributed by atoms with Gasteiger partial charge in [-0.05, 0) is 18.6 Å². The van der Waals surface area contributed by atoms with Gasteiger partial charge in [0, 0.05) is 0 Å². The Labute approximate surface area is 122 Å². The van der Waals surface area contributed by atoms with Gasteiger partial charge in [0.05, 0.1) is 11.1 Å². The maximum atomic E-state index is 13.9. The number of halogens is 1. The van der Waals surface area contributed by atoms with E-state index >= 15 is 0 Å². The predicted molar refractivity (Wildman–Crippen MR) is 75.9 cm³/mol. The lowest BCUT2D eigenvalue weighted by atomic mass is 10.1. The van der Waals surface area contributed by atoms with Gasteiger partial charge in [-0.1, -0.05) is 37.8 Å². The number of terminal acetylenes is 1. The van der Waals surface area contributed by atoms with E-state index in [4.69, 9.17) is 16.3 Å². The summed E-state index contributed by atoms with van der Waals surface area (Å²) in [6.07, 6.45) is 4.03. The van der Waals surface area contributed by atoms with Gasteiger partial charge in [-0.2, -0.15) is 0 Å². The molecule has 2 atom stereocenters. The molecule has 0 saturated carbocycles. The van der Waals surface area contributed by atoms with Crippen LogP contribution < -0.4 is 0 Å². The fourth-order valence-corrected chi connectivity index (χ4v) is 1.79. The number of carbonyl (C=O) groups excluding carboxylic acids is 1. The van der Waals surface area contributed by atoms with Gasteiger partial charge in [-0.15, -0.1) is 6.42 Å². The van der Waals surface area contributed by atoms with E-state index < -0.39 is 24.2 Å². The fraction of sp³-hybridized carbons (Fsp3) is 0.375. The second kappa shape index (κ2) is 8.05. The van der Waals surface area contributed by atoms with Gasteiger partial charge in [0.25, 0.3) is 0 Å². The molecule has 1 aromatic rings. The first kappa shape index (κ1) is 16.7. The van der Waals surface area contributed by atoms with Crippen molar-refractivity contribution in [2.24, 2.45) is 0 Å². The molecule has 4 nitrogen and oxygen atoms in total. The molecule has 21 heavy (non-hydrogen) atoms. The summed E-state index contributed by atoms with van der Waals surface area (Å²) in [5.41, 5.74) is -0.352. The lowest BCUT2D eigenvalue weighted by molar-refractivity contribution is 0.0218. The molecule has 0 radical (unpaired) electrons. The molecule has 0 aliphatic rings. The van der Waals surface area contributed by atoms with E-state index in [1.165, 1.54) is 24.3 Å². The minimum atomic E-state index is -1.46. The molecule has 112 valence electrons. The minimum absolute atomic E-state index is 0.145. The second-order valence-electron chi connectivity index (χ2n) is 4.50. The molecule has 5 heteroatoms. The molecule has 1 N–H and O–H groups in total. The maximum Gasteiger partial charge on any atom is 0.340 e. The van der Waals surface area contributed by atoms with E-state index in [0.717, 1.165) is 6.42 Å². The summed E-state index contributed by atoms with van der Waals surface area (Å²) in [6, 6.07) is 5.56. The Kier molecular flexibility index (Phi) is 6.41. The number of esters is 1. The Morgan fingerprint density at radius 2 is 2.00 bits per heavy atom. The second-order valence-corrected chi connectivity index (χ2v) is 4.50. The van der Waals surface area contributed by atoms with Crippen molar-refractivity contribution in [3.63, 3.8) is 0 Å². The standard InChI is InChI=1S/C16H17FO4/c1-3-5-10-13(17)14(4-2)21-16(20)12-9-7-6-8-11(12)15(18)19/h2,6-9,13-14H,3,5,10H2,1H3,(H,18,19)/t13-,14-/m0/s1. The topological polar surface area (TPSA) is 63.6 Å². The van der Waals surface area contributed by atoms with Crippen LogP contribution in [0.4, 0.5) is 4.39 Å². The van der Waals surface area contributed by atoms with Crippen LogP contribution in [0, 0.1) is 12.3 Å². The Morgan fingerprint density at radius 1 is 1.38 bits per heavy atom. The fourth-order valence-electron chi connectivity index (χ4n) is 1.79. The largest absolute Gasteiger partial charge is 0.478 e. The number of benzene rings is 1. The third-order valence-electron chi connectivity index (χ3n) is 2.94. The number of ether oxygens (including phenoxy) is 1. The summed E-state index contributed by atoms with van der Waals surface area (Å²) < 4.78 is 18.8. The Bertz CT molecular complexity index is 547. The third-order valence-corrected chi connectivity index (χ3v) is 2.94. The van der Waals surface area contributed by atoms with Crippen LogP contribution in [0.2, 0.25) is 0 Å². The summed E-state index contributed by atoms with van der Waals surface area (Å²) in [6.45, 7) is 1.91. The highest BCUT2D eigenvalue weighted by atomic mass is 19.1. The van der Waals surface area contributed by atoms with Gasteiger partial charge in [0.2, 0.25) is 0 Å². The van der Waals surface area contributed by atoms with E-state index in [1.807, 2.05) is 6.92 Å². The van der Waals surface area contributed by atoms with Crippen LogP contribution >= 0.6 is 0 Å². The van der Waals surface area contributed by atoms with E-state index in [9.17, 15) is 14.0 Å². The monoisotopic (exact) mass is 292 g/mol. The number of hydrogen-bond acceptors (Lipinski definition) is 3. The van der Waals surface area contributed by atoms with Gasteiger partial charge < -0.3 is 9.84 Å². The predicted octanol–water partition coefficient (Wildman–Crippen LogP) is 3.07. The number of alkyl halides is 1. The lowest BCUT2D eigenvalue weighted by Gasteiger charge is -2.17. The number of carboxylic acids is 1. The number of unbranched alkanes of at least 4 members (excludes halogenated alkanes) is 1. The third kappa shape index (κ3) is 4.60. The van der Waals surface area contributed by atoms with Crippen LogP contribution in [0.1, 0.15) is 46.9 Å². The van der Waals surface area contributed by atoms with E-state index in [0.29, 0.717) is 6.42 Å². The average molecular weight is 292 g/mol. The highest BCUT2D eigenvalue weighted by molar-refractivity contribution is 6.02. The molecule has 0 aromatic heterocycles. The van der Waals surface area contributed by atoms with Crippen molar-refractivity contribution in [1.29, 1.82) is 0 Å². The maximum absolute atomic E-state index is 13.9. The number of carboxylic acid groups (broad SMARTS) is 1. The molecule has 0 aliphatic carbocycles. The van der Waals surface area contributed by atoms with Crippen molar-refractivity contribution in [3.8, 4) is 12.3 Å². The van der Waals surface area contributed by atoms with Crippen molar-refractivity contribution in [2.75, 3.05) is 0 Å². The zero-order chi connectivity index (χ0) is 15.8. The van der Waals surface area contributed by atoms with E-state index in [-0.39, 0.29) is 17.5 Å². The first-order chi connectivity index (χ1) is 10.0. The Balaban J connectivity index is 2.85. The summed E-state index contributed by atoms with van der Waals surface area (Å²) in [5.74, 6) is -0.102. The van der Waals surface area contributed by atoms with Crippen molar-refractivity contribution in [1.82, 2.24) is 0 Å². The number of aromatic carboxylic acids is 1. The van der Waals surface area contributed by atoms with E-state index in [2.05, 4.69) is 5.92 Å². The normalized spacial score (nSPS) is 13.0. The molecule has 0 saturated heterocycles. The molecule has 1 aromatic carbocycles. The first-order valence-corrected chi connectivity index (χ1v) is 6.64. The zero-order valence-electron chi connectivity index (χ0n) is 11.7. The van der Waals surface area contributed by atoms with Crippen LogP contribution in [0.3, 0.4) is 0 Å². The van der Waals surface area contributed by atoms with Crippen molar-refractivity contribution < 1.29 is 23.8 Å². The SMILES string of the molecule is C#C[C@H](OC(=O)c1ccccc1C(=O)O)[C@@H](F)CCCC. The number of hydrogen-bond donors (Lipinski definition) is 1. The molecule has 0 heterocycles. The highest BCUT2D eigenvalue weighted by Gasteiger charge is 2.25. The smallest absolute Gasteiger partial charge is 0.340 e. The average Bonchev–Trinajstić information content (AvgIpc) is 2.49. The molecule has 0 fully saturated rings. The molecular formula is C16H17FO4. The van der Waals surface area contributed by atoms with Crippen LogP contribution in [-0.4, -0.2) is 29.3 Å². The summed E-state index contributed by atoms with van der Waals surface area (Å²) in [4.78, 5) is 23.0. The van der Waals surface area contributed by atoms with Crippen molar-refractivity contribution in [2.45, 2.75) is 38.5 Å². The number of rotatable bonds is 7. The van der Waals surface area contributed by atoms with Crippen LogP contribution in [0.25, 0.3) is 0 Å². The van der Waals surface area contributed by atoms with Gasteiger partial charge in [0.15, 0.2) is 6.10 Å². The van der Waals surface area contributed by atoms with Gasteiger partial charge in [0.1, 0.15) is 6.17 Å². The van der Waals surface area contributed by atoms with Gasteiger partial charge >= 0.3 is 11.9 Å². The Hall–Kier alpha value is -2.35. The van der Waals surface area contributed by atoms with Crippen molar-refractivity contribution >= 4 is 11.9 Å². The van der Waals surface area contributed by atoms with Gasteiger partial charge in [-0.25, -0.2) is 14.0 Å². The molecule has 1 rings (SSSR count). The van der Waals surface area contributed by atoms with Crippen molar-refractivity contribution in [3.05, 3.63) is 35.4 Å². The summed E-state index contributed by atoms with van der Waals surface area (Å²) in [7, 11) is 0. The quantitative estimate of drug-likeness (QED) is 0.619. The molecule has 0 spiro atoms. The molecule has 0 aliphatic heterocycles. The molecule has 0 unspecified atom stereocenters. The number of carbonyl (C=O) groups is 2. The molecular weight excluding hydrogens is 275 g/mol. The summed E-state index contributed by atoms with van der Waals surface area (Å²) in [5, 5.41) is 9.01. The highest BCUT2D eigenvalue weighted by Crippen LogP contribution is 2.16. The van der Waals surface area contributed by atoms with E-state index in [1.54, 1.807) is 0 Å². The van der Waals surface area contributed by atoms with Crippen LogP contribution in [0.15, 0.2) is 24.3 Å². The van der Waals surface area contributed by atoms with Gasteiger partial charge in [-0.3, -0.25) is 0 Å². The van der Waals surface area contributed by atoms with Crippen LogP contribution in [-0.2, 0) is 4.74 Å². The minimum Gasteiger partial charge on any atom is -0.478 e. The molecule has 0 bridgehead atoms. The Morgan fingerprint density at radius 3 is 2.52 bits per heavy atom. The zero-order valence-corrected chi connectivity index (χ0v) is 11.7. The lowest BCUT2D eigenvalue weighted by Crippen LogP contribution is -2.27. The summed E-state index contributed by atoms with van der Waals surface area (Å²) >= 11 is 0. The van der Waals surface area contributed by atoms with Crippen LogP contribution in [0.5, 0.6) is 0 Å². The molecule has 0 amide bonds.